The van der Waals surface area contributed by atoms with Crippen LogP contribution in [-0.4, -0.2) is 27.2 Å². The van der Waals surface area contributed by atoms with E-state index < -0.39 is 0 Å². The second-order valence-electron chi connectivity index (χ2n) is 6.04. The van der Waals surface area contributed by atoms with E-state index in [0.29, 0.717) is 10.1 Å². The molecule has 6 heteroatoms. The van der Waals surface area contributed by atoms with Crippen LogP contribution >= 0.6 is 23.5 Å². The topological polar surface area (TPSA) is 46.9 Å². The van der Waals surface area contributed by atoms with Crippen LogP contribution < -0.4 is 5.32 Å². The third kappa shape index (κ3) is 3.52. The van der Waals surface area contributed by atoms with E-state index in [4.69, 9.17) is 0 Å². The minimum absolute atomic E-state index is 0.131. The van der Waals surface area contributed by atoms with Crippen molar-refractivity contribution in [3.05, 3.63) is 77.6 Å². The second-order valence-corrected chi connectivity index (χ2v) is 8.77. The fourth-order valence-corrected chi connectivity index (χ4v) is 5.81. The summed E-state index contributed by atoms with van der Waals surface area (Å²) in [7, 11) is 0. The molecule has 1 aliphatic rings. The Hall–Kier alpha value is -2.18. The van der Waals surface area contributed by atoms with E-state index in [9.17, 15) is 4.79 Å². The molecule has 0 aliphatic carbocycles. The number of para-hydroxylation sites is 1. The summed E-state index contributed by atoms with van der Waals surface area (Å²) in [6.07, 6.45) is 1.63. The summed E-state index contributed by atoms with van der Waals surface area (Å²) >= 11 is 3.92. The van der Waals surface area contributed by atoms with Crippen molar-refractivity contribution in [1.29, 1.82) is 0 Å². The van der Waals surface area contributed by atoms with Gasteiger partial charge in [0.2, 0.25) is 0 Å². The molecule has 0 radical (unpaired) electrons. The Morgan fingerprint density at radius 1 is 1.12 bits per heavy atom. The molecule has 0 bridgehead atoms. The van der Waals surface area contributed by atoms with Gasteiger partial charge in [0.1, 0.15) is 0 Å². The lowest BCUT2D eigenvalue weighted by molar-refractivity contribution is 0.102. The molecule has 132 valence electrons. The maximum absolute atomic E-state index is 12.7. The van der Waals surface area contributed by atoms with Crippen LogP contribution in [0.25, 0.3) is 5.69 Å². The fourth-order valence-electron chi connectivity index (χ4n) is 2.97. The maximum Gasteiger partial charge on any atom is 0.259 e. The lowest BCUT2D eigenvalue weighted by atomic mass is 10.2. The van der Waals surface area contributed by atoms with Crippen LogP contribution in [0.15, 0.2) is 60.8 Å². The van der Waals surface area contributed by atoms with E-state index in [2.05, 4.69) is 22.5 Å². The minimum Gasteiger partial charge on any atom is -0.322 e. The Kier molecular flexibility index (Phi) is 5.04. The molecule has 2 heterocycles. The SMILES string of the molecule is Cc1c(C(=O)Nc2cccc(C3SCCS3)c2)cnn1-c1ccccc1. The Morgan fingerprint density at radius 2 is 1.88 bits per heavy atom. The molecular weight excluding hydrogens is 362 g/mol. The zero-order valence-electron chi connectivity index (χ0n) is 14.4. The van der Waals surface area contributed by atoms with Gasteiger partial charge in [0.05, 0.1) is 27.7 Å². The largest absolute Gasteiger partial charge is 0.322 e. The van der Waals surface area contributed by atoms with Gasteiger partial charge >= 0.3 is 0 Å². The molecule has 1 aromatic heterocycles. The molecule has 0 saturated carbocycles. The fraction of sp³-hybridized carbons (Fsp3) is 0.200. The van der Waals surface area contributed by atoms with Gasteiger partial charge in [-0.1, -0.05) is 30.3 Å². The first-order chi connectivity index (χ1) is 12.7. The van der Waals surface area contributed by atoms with Gasteiger partial charge in [0.25, 0.3) is 5.91 Å². The number of anilines is 1. The van der Waals surface area contributed by atoms with Crippen molar-refractivity contribution in [3.8, 4) is 5.69 Å². The summed E-state index contributed by atoms with van der Waals surface area (Å²) < 4.78 is 2.26. The van der Waals surface area contributed by atoms with E-state index >= 15 is 0 Å². The summed E-state index contributed by atoms with van der Waals surface area (Å²) in [4.78, 5) is 12.7. The van der Waals surface area contributed by atoms with Crippen molar-refractivity contribution < 1.29 is 4.79 Å². The highest BCUT2D eigenvalue weighted by atomic mass is 32.2. The molecule has 1 fully saturated rings. The maximum atomic E-state index is 12.7. The van der Waals surface area contributed by atoms with Crippen molar-refractivity contribution in [3.63, 3.8) is 0 Å². The van der Waals surface area contributed by atoms with Crippen molar-refractivity contribution in [2.75, 3.05) is 16.8 Å². The number of thioether (sulfide) groups is 2. The minimum atomic E-state index is -0.131. The van der Waals surface area contributed by atoms with E-state index in [1.165, 1.54) is 17.1 Å². The number of benzene rings is 2. The molecule has 3 aromatic rings. The van der Waals surface area contributed by atoms with Gasteiger partial charge < -0.3 is 5.32 Å². The Labute approximate surface area is 161 Å². The van der Waals surface area contributed by atoms with Crippen molar-refractivity contribution in [1.82, 2.24) is 9.78 Å². The molecule has 4 nitrogen and oxygen atoms in total. The lowest BCUT2D eigenvalue weighted by Gasteiger charge is -2.11. The van der Waals surface area contributed by atoms with Gasteiger partial charge in [-0.3, -0.25) is 4.79 Å². The van der Waals surface area contributed by atoms with Crippen LogP contribution in [0.4, 0.5) is 5.69 Å². The number of rotatable bonds is 4. The van der Waals surface area contributed by atoms with Crippen LogP contribution in [0.2, 0.25) is 0 Å². The Morgan fingerprint density at radius 3 is 2.65 bits per heavy atom. The number of hydrogen-bond donors (Lipinski definition) is 1. The van der Waals surface area contributed by atoms with Crippen LogP contribution in [0.5, 0.6) is 0 Å². The molecule has 1 saturated heterocycles. The summed E-state index contributed by atoms with van der Waals surface area (Å²) in [5, 5.41) is 7.40. The highest BCUT2D eigenvalue weighted by Crippen LogP contribution is 2.45. The Balaban J connectivity index is 1.54. The van der Waals surface area contributed by atoms with Gasteiger partial charge in [-0.15, -0.1) is 23.5 Å². The summed E-state index contributed by atoms with van der Waals surface area (Å²) in [5.74, 6) is 2.24. The van der Waals surface area contributed by atoms with Crippen LogP contribution in [-0.2, 0) is 0 Å². The molecule has 0 unspecified atom stereocenters. The number of carbonyl (C=O) groups is 1. The van der Waals surface area contributed by atoms with Crippen molar-refractivity contribution >= 4 is 35.1 Å². The summed E-state index contributed by atoms with van der Waals surface area (Å²) in [6, 6.07) is 18.0. The lowest BCUT2D eigenvalue weighted by Crippen LogP contribution is -2.13. The first-order valence-corrected chi connectivity index (χ1v) is 10.6. The van der Waals surface area contributed by atoms with E-state index in [1.807, 2.05) is 72.9 Å². The molecule has 0 spiro atoms. The van der Waals surface area contributed by atoms with Crippen molar-refractivity contribution in [2.45, 2.75) is 11.5 Å². The number of hydrogen-bond acceptors (Lipinski definition) is 4. The van der Waals surface area contributed by atoms with Gasteiger partial charge in [-0.05, 0) is 36.8 Å². The molecule has 2 aromatic carbocycles. The predicted molar refractivity (Wildman–Crippen MR) is 110 cm³/mol. The average Bonchev–Trinajstić information content (AvgIpc) is 3.32. The van der Waals surface area contributed by atoms with Gasteiger partial charge in [0, 0.05) is 17.2 Å². The molecule has 1 amide bonds. The average molecular weight is 382 g/mol. The van der Waals surface area contributed by atoms with Crippen LogP contribution in [0, 0.1) is 6.92 Å². The number of nitrogens with one attached hydrogen (secondary N) is 1. The normalized spacial score (nSPS) is 14.5. The molecule has 1 N–H and O–H groups in total. The zero-order chi connectivity index (χ0) is 17.9. The second kappa shape index (κ2) is 7.60. The van der Waals surface area contributed by atoms with Crippen molar-refractivity contribution in [2.24, 2.45) is 0 Å². The third-order valence-corrected chi connectivity index (χ3v) is 7.40. The van der Waals surface area contributed by atoms with E-state index in [0.717, 1.165) is 17.1 Å². The van der Waals surface area contributed by atoms with Gasteiger partial charge in [-0.2, -0.15) is 5.10 Å². The van der Waals surface area contributed by atoms with Crippen LogP contribution in [0.1, 0.15) is 26.2 Å². The van der Waals surface area contributed by atoms with E-state index in [-0.39, 0.29) is 5.91 Å². The molecule has 1 aliphatic heterocycles. The zero-order valence-corrected chi connectivity index (χ0v) is 16.0. The molecule has 0 atom stereocenters. The smallest absolute Gasteiger partial charge is 0.259 e. The molecule has 26 heavy (non-hydrogen) atoms. The third-order valence-electron chi connectivity index (χ3n) is 4.29. The first kappa shape index (κ1) is 17.2. The number of carbonyl (C=O) groups excluding carboxylic acids is 1. The quantitative estimate of drug-likeness (QED) is 0.697. The number of aromatic nitrogens is 2. The summed E-state index contributed by atoms with van der Waals surface area (Å²) in [5.41, 5.74) is 4.44. The monoisotopic (exact) mass is 381 g/mol. The van der Waals surface area contributed by atoms with Gasteiger partial charge in [-0.25, -0.2) is 4.68 Å². The standard InChI is InChI=1S/C20H19N3OS2/c1-14-18(13-21-23(14)17-8-3-2-4-9-17)19(24)22-16-7-5-6-15(12-16)20-25-10-11-26-20/h2-9,12-13,20H,10-11H2,1H3,(H,22,24). The summed E-state index contributed by atoms with van der Waals surface area (Å²) in [6.45, 7) is 1.91. The first-order valence-electron chi connectivity index (χ1n) is 8.47. The molecular formula is C20H19N3OS2. The Bertz CT molecular complexity index is 918. The van der Waals surface area contributed by atoms with Crippen LogP contribution in [0.3, 0.4) is 0 Å². The van der Waals surface area contributed by atoms with E-state index in [1.54, 1.807) is 10.9 Å². The van der Waals surface area contributed by atoms with Gasteiger partial charge in [0.15, 0.2) is 0 Å². The highest BCUT2D eigenvalue weighted by Gasteiger charge is 2.19. The molecule has 4 rings (SSSR count). The predicted octanol–water partition coefficient (Wildman–Crippen LogP) is 4.91. The number of amides is 1. The highest BCUT2D eigenvalue weighted by molar-refractivity contribution is 8.19. The number of nitrogens with zero attached hydrogens (tertiary/aromatic N) is 2.